The Bertz CT molecular complexity index is 434. The highest BCUT2D eigenvalue weighted by molar-refractivity contribution is 6.32. The molecule has 1 rings (SSSR count). The first kappa shape index (κ1) is 12.4. The summed E-state index contributed by atoms with van der Waals surface area (Å²) in [5, 5.41) is 19.9. The molecule has 0 heterocycles. The van der Waals surface area contributed by atoms with Crippen molar-refractivity contribution in [2.45, 2.75) is 6.10 Å². The summed E-state index contributed by atoms with van der Waals surface area (Å²) in [5.41, 5.74) is -0.315. The largest absolute Gasteiger partial charge is 0.467 e. The molecule has 0 saturated heterocycles. The summed E-state index contributed by atoms with van der Waals surface area (Å²) in [7, 11) is 1.11. The molecule has 0 aromatic heterocycles. The van der Waals surface area contributed by atoms with E-state index in [4.69, 9.17) is 11.6 Å². The highest BCUT2D eigenvalue weighted by Gasteiger charge is 2.22. The normalized spacial score (nSPS) is 11.9. The summed E-state index contributed by atoms with van der Waals surface area (Å²) in [6, 6.07) is 3.59. The summed E-state index contributed by atoms with van der Waals surface area (Å²) in [6.07, 6.45) is -1.55. The maximum Gasteiger partial charge on any atom is 0.339 e. The summed E-state index contributed by atoms with van der Waals surface area (Å²) >= 11 is 5.57. The number of nitrogens with zero attached hydrogens (tertiary/aromatic N) is 1. The average Bonchev–Trinajstić information content (AvgIpc) is 2.27. The van der Waals surface area contributed by atoms with E-state index in [0.29, 0.717) is 0 Å². The number of carbonyl (C=O) groups is 1. The van der Waals surface area contributed by atoms with Gasteiger partial charge in [0.05, 0.1) is 12.0 Å². The number of nitro benzene ring substituents is 1. The predicted molar refractivity (Wildman–Crippen MR) is 55.1 cm³/mol. The van der Waals surface area contributed by atoms with Gasteiger partial charge in [-0.05, 0) is 11.6 Å². The summed E-state index contributed by atoms with van der Waals surface area (Å²) < 4.78 is 4.31. The van der Waals surface area contributed by atoms with Crippen molar-refractivity contribution in [3.05, 3.63) is 38.9 Å². The van der Waals surface area contributed by atoms with E-state index in [0.717, 1.165) is 13.2 Å². The topological polar surface area (TPSA) is 89.7 Å². The van der Waals surface area contributed by atoms with Crippen molar-refractivity contribution in [1.29, 1.82) is 0 Å². The minimum Gasteiger partial charge on any atom is -0.467 e. The standard InChI is InChI=1S/C9H8ClNO5/c1-16-9(13)8(12)5-2-3-6(10)7(4-5)11(14)15/h2-4,8,12H,1H3. The molecule has 0 bridgehead atoms. The molecular weight excluding hydrogens is 238 g/mol. The van der Waals surface area contributed by atoms with Crippen molar-refractivity contribution in [3.63, 3.8) is 0 Å². The predicted octanol–water partition coefficient (Wildman–Crippen LogP) is 1.45. The van der Waals surface area contributed by atoms with Crippen LogP contribution in [0.1, 0.15) is 11.7 Å². The van der Waals surface area contributed by atoms with Gasteiger partial charge in [0, 0.05) is 6.07 Å². The Kier molecular flexibility index (Phi) is 3.81. The number of nitro groups is 1. The second-order valence-corrected chi connectivity index (χ2v) is 3.30. The van der Waals surface area contributed by atoms with E-state index in [1.807, 2.05) is 0 Å². The van der Waals surface area contributed by atoms with Gasteiger partial charge in [0.2, 0.25) is 0 Å². The quantitative estimate of drug-likeness (QED) is 0.495. The van der Waals surface area contributed by atoms with Crippen LogP contribution in [0.15, 0.2) is 18.2 Å². The van der Waals surface area contributed by atoms with Gasteiger partial charge in [-0.15, -0.1) is 0 Å². The number of hydrogen-bond donors (Lipinski definition) is 1. The van der Waals surface area contributed by atoms with Gasteiger partial charge in [0.25, 0.3) is 5.69 Å². The molecule has 6 nitrogen and oxygen atoms in total. The number of benzene rings is 1. The van der Waals surface area contributed by atoms with Crippen LogP contribution in [-0.4, -0.2) is 23.1 Å². The number of carbonyl (C=O) groups excluding carboxylic acids is 1. The van der Waals surface area contributed by atoms with Crippen LogP contribution in [0, 0.1) is 10.1 Å². The van der Waals surface area contributed by atoms with Crippen molar-refractivity contribution in [3.8, 4) is 0 Å². The van der Waals surface area contributed by atoms with Gasteiger partial charge in [-0.3, -0.25) is 10.1 Å². The highest BCUT2D eigenvalue weighted by atomic mass is 35.5. The molecule has 1 aromatic carbocycles. The third-order valence-electron chi connectivity index (χ3n) is 1.91. The fourth-order valence-electron chi connectivity index (χ4n) is 1.09. The number of aliphatic hydroxyl groups excluding tert-OH is 1. The number of aliphatic hydroxyl groups is 1. The second-order valence-electron chi connectivity index (χ2n) is 2.89. The van der Waals surface area contributed by atoms with Crippen LogP contribution in [-0.2, 0) is 9.53 Å². The van der Waals surface area contributed by atoms with E-state index < -0.39 is 17.0 Å². The van der Waals surface area contributed by atoms with Gasteiger partial charge in [-0.1, -0.05) is 17.7 Å². The Morgan fingerprint density at radius 2 is 2.25 bits per heavy atom. The first-order chi connectivity index (χ1) is 7.47. The molecule has 1 N–H and O–H groups in total. The number of halogens is 1. The molecule has 1 aromatic rings. The van der Waals surface area contributed by atoms with Gasteiger partial charge in [0.1, 0.15) is 5.02 Å². The monoisotopic (exact) mass is 245 g/mol. The zero-order valence-electron chi connectivity index (χ0n) is 8.21. The van der Waals surface area contributed by atoms with Crippen molar-refractivity contribution < 1.29 is 19.6 Å². The van der Waals surface area contributed by atoms with Crippen molar-refractivity contribution in [2.24, 2.45) is 0 Å². The Hall–Kier alpha value is -1.66. The fourth-order valence-corrected chi connectivity index (χ4v) is 1.27. The van der Waals surface area contributed by atoms with Gasteiger partial charge < -0.3 is 9.84 Å². The summed E-state index contributed by atoms with van der Waals surface area (Å²) in [6.45, 7) is 0. The molecule has 0 amide bonds. The van der Waals surface area contributed by atoms with E-state index in [9.17, 15) is 20.0 Å². The molecule has 7 heteroatoms. The van der Waals surface area contributed by atoms with Gasteiger partial charge in [-0.25, -0.2) is 4.79 Å². The van der Waals surface area contributed by atoms with Crippen molar-refractivity contribution >= 4 is 23.3 Å². The molecule has 0 saturated carbocycles. The Labute approximate surface area is 95.6 Å². The van der Waals surface area contributed by atoms with Crippen LogP contribution in [0.25, 0.3) is 0 Å². The van der Waals surface area contributed by atoms with E-state index in [1.54, 1.807) is 0 Å². The molecule has 1 atom stereocenters. The van der Waals surface area contributed by atoms with E-state index in [1.165, 1.54) is 12.1 Å². The molecule has 16 heavy (non-hydrogen) atoms. The molecular formula is C9H8ClNO5. The smallest absolute Gasteiger partial charge is 0.339 e. The number of ether oxygens (including phenoxy) is 1. The number of hydrogen-bond acceptors (Lipinski definition) is 5. The Balaban J connectivity index is 3.12. The molecule has 0 fully saturated rings. The first-order valence-electron chi connectivity index (χ1n) is 4.17. The van der Waals surface area contributed by atoms with Gasteiger partial charge in [-0.2, -0.15) is 0 Å². The number of methoxy groups -OCH3 is 1. The minimum atomic E-state index is -1.55. The third kappa shape index (κ3) is 2.47. The van der Waals surface area contributed by atoms with E-state index >= 15 is 0 Å². The van der Waals surface area contributed by atoms with Crippen LogP contribution < -0.4 is 0 Å². The Morgan fingerprint density at radius 3 is 2.75 bits per heavy atom. The van der Waals surface area contributed by atoms with Crippen LogP contribution >= 0.6 is 11.6 Å². The maximum absolute atomic E-state index is 11.0. The minimum absolute atomic E-state index is 0.0583. The second kappa shape index (κ2) is 4.91. The van der Waals surface area contributed by atoms with Gasteiger partial charge in [0.15, 0.2) is 6.10 Å². The molecule has 0 aliphatic rings. The van der Waals surface area contributed by atoms with E-state index in [-0.39, 0.29) is 16.3 Å². The molecule has 0 aliphatic heterocycles. The third-order valence-corrected chi connectivity index (χ3v) is 2.23. The lowest BCUT2D eigenvalue weighted by atomic mass is 10.1. The summed E-state index contributed by atoms with van der Waals surface area (Å²) in [5.74, 6) is -0.892. The molecule has 0 aliphatic carbocycles. The zero-order valence-corrected chi connectivity index (χ0v) is 8.97. The van der Waals surface area contributed by atoms with Crippen LogP contribution in [0.2, 0.25) is 5.02 Å². The zero-order chi connectivity index (χ0) is 12.3. The molecule has 0 spiro atoms. The molecule has 1 unspecified atom stereocenters. The van der Waals surface area contributed by atoms with Crippen molar-refractivity contribution in [2.75, 3.05) is 7.11 Å². The van der Waals surface area contributed by atoms with E-state index in [2.05, 4.69) is 4.74 Å². The maximum atomic E-state index is 11.0. The number of rotatable bonds is 3. The fraction of sp³-hybridized carbons (Fsp3) is 0.222. The lowest BCUT2D eigenvalue weighted by molar-refractivity contribution is -0.384. The van der Waals surface area contributed by atoms with Crippen molar-refractivity contribution in [1.82, 2.24) is 0 Å². The lowest BCUT2D eigenvalue weighted by Gasteiger charge is -2.08. The molecule has 86 valence electrons. The first-order valence-corrected chi connectivity index (χ1v) is 4.55. The van der Waals surface area contributed by atoms with Crippen LogP contribution in [0.5, 0.6) is 0 Å². The van der Waals surface area contributed by atoms with Crippen LogP contribution in [0.4, 0.5) is 5.69 Å². The van der Waals surface area contributed by atoms with Crippen LogP contribution in [0.3, 0.4) is 0 Å². The highest BCUT2D eigenvalue weighted by Crippen LogP contribution is 2.27. The average molecular weight is 246 g/mol. The lowest BCUT2D eigenvalue weighted by Crippen LogP contribution is -2.13. The Morgan fingerprint density at radius 1 is 1.62 bits per heavy atom. The van der Waals surface area contributed by atoms with Gasteiger partial charge >= 0.3 is 5.97 Å². The SMILES string of the molecule is COC(=O)C(O)c1ccc(Cl)c([N+](=O)[O-])c1. The number of esters is 1. The molecule has 0 radical (unpaired) electrons. The summed E-state index contributed by atoms with van der Waals surface area (Å²) in [4.78, 5) is 20.9.